The molecule has 20 heavy (non-hydrogen) atoms. The number of nitrogens with zero attached hydrogens (tertiary/aromatic N) is 2. The number of fused-ring (bicyclic) bond motifs is 3. The van der Waals surface area contributed by atoms with Crippen molar-refractivity contribution >= 4 is 5.69 Å². The third-order valence-corrected chi connectivity index (χ3v) is 4.61. The molecule has 0 aliphatic carbocycles. The summed E-state index contributed by atoms with van der Waals surface area (Å²) in [5, 5.41) is 3.70. The monoisotopic (exact) mass is 269 g/mol. The van der Waals surface area contributed by atoms with Gasteiger partial charge in [0.25, 0.3) is 0 Å². The molecule has 104 valence electrons. The summed E-state index contributed by atoms with van der Waals surface area (Å²) < 4.78 is 5.31. The first-order valence-electron chi connectivity index (χ1n) is 7.36. The van der Waals surface area contributed by atoms with Gasteiger partial charge >= 0.3 is 0 Å². The van der Waals surface area contributed by atoms with Gasteiger partial charge in [0.1, 0.15) is 0 Å². The fraction of sp³-hybridized carbons (Fsp3) is 0.438. The highest BCUT2D eigenvalue weighted by molar-refractivity contribution is 5.60. The van der Waals surface area contributed by atoms with Crippen molar-refractivity contribution < 1.29 is 4.42 Å². The van der Waals surface area contributed by atoms with Gasteiger partial charge in [-0.05, 0) is 56.1 Å². The van der Waals surface area contributed by atoms with Gasteiger partial charge in [0.15, 0.2) is 12.2 Å². The maximum Gasteiger partial charge on any atom is 0.181 e. The van der Waals surface area contributed by atoms with Gasteiger partial charge in [-0.15, -0.1) is 0 Å². The van der Waals surface area contributed by atoms with Crippen LogP contribution in [-0.2, 0) is 0 Å². The van der Waals surface area contributed by atoms with Gasteiger partial charge in [0.05, 0.1) is 6.20 Å². The number of piperidine rings is 3. The van der Waals surface area contributed by atoms with Crippen LogP contribution in [-0.4, -0.2) is 35.6 Å². The van der Waals surface area contributed by atoms with Crippen molar-refractivity contribution in [2.24, 2.45) is 5.92 Å². The first kappa shape index (κ1) is 12.0. The van der Waals surface area contributed by atoms with Gasteiger partial charge in [-0.1, -0.05) is 0 Å². The number of hydrogen-bond acceptors (Lipinski definition) is 4. The smallest absolute Gasteiger partial charge is 0.181 e. The molecular weight excluding hydrogens is 250 g/mol. The van der Waals surface area contributed by atoms with Crippen molar-refractivity contribution in [1.29, 1.82) is 0 Å². The van der Waals surface area contributed by atoms with E-state index in [0.717, 1.165) is 17.2 Å². The minimum atomic E-state index is 0.605. The van der Waals surface area contributed by atoms with Crippen molar-refractivity contribution in [3.8, 4) is 11.3 Å². The normalized spacial score (nSPS) is 28.5. The number of rotatable bonds is 3. The molecule has 1 N–H and O–H groups in total. The average Bonchev–Trinajstić information content (AvgIpc) is 3.04. The summed E-state index contributed by atoms with van der Waals surface area (Å²) in [6, 6.07) is 9.05. The van der Waals surface area contributed by atoms with Crippen LogP contribution in [0.4, 0.5) is 5.69 Å². The Morgan fingerprint density at radius 2 is 1.95 bits per heavy atom. The maximum atomic E-state index is 5.31. The Morgan fingerprint density at radius 1 is 1.15 bits per heavy atom. The lowest BCUT2D eigenvalue weighted by Gasteiger charge is -2.45. The molecule has 0 amide bonds. The Balaban J connectivity index is 1.47. The van der Waals surface area contributed by atoms with E-state index in [0.29, 0.717) is 6.04 Å². The van der Waals surface area contributed by atoms with Crippen molar-refractivity contribution in [1.82, 2.24) is 9.88 Å². The summed E-state index contributed by atoms with van der Waals surface area (Å²) in [5.74, 6) is 1.66. The number of aromatic nitrogens is 1. The fourth-order valence-electron chi connectivity index (χ4n) is 3.43. The lowest BCUT2D eigenvalue weighted by atomic mass is 9.84. The van der Waals surface area contributed by atoms with E-state index >= 15 is 0 Å². The van der Waals surface area contributed by atoms with E-state index < -0.39 is 0 Å². The summed E-state index contributed by atoms with van der Waals surface area (Å²) in [7, 11) is 0. The molecule has 4 heterocycles. The zero-order valence-corrected chi connectivity index (χ0v) is 11.5. The van der Waals surface area contributed by atoms with E-state index in [1.54, 1.807) is 6.20 Å². The van der Waals surface area contributed by atoms with Crippen molar-refractivity contribution in [2.45, 2.75) is 18.9 Å². The predicted molar refractivity (Wildman–Crippen MR) is 78.5 cm³/mol. The number of oxazole rings is 1. The van der Waals surface area contributed by atoms with Gasteiger partial charge in [0.2, 0.25) is 0 Å². The van der Waals surface area contributed by atoms with Gasteiger partial charge in [-0.3, -0.25) is 0 Å². The zero-order valence-electron chi connectivity index (χ0n) is 11.5. The number of anilines is 1. The molecule has 3 aliphatic rings. The Hall–Kier alpha value is -1.81. The maximum absolute atomic E-state index is 5.31. The summed E-state index contributed by atoms with van der Waals surface area (Å²) in [6.07, 6.45) is 5.89. The van der Waals surface area contributed by atoms with Crippen LogP contribution in [0.25, 0.3) is 11.3 Å². The zero-order chi connectivity index (χ0) is 13.4. The first-order valence-corrected chi connectivity index (χ1v) is 7.36. The molecule has 2 bridgehead atoms. The molecule has 4 nitrogen and oxygen atoms in total. The Labute approximate surface area is 118 Å². The highest BCUT2D eigenvalue weighted by atomic mass is 16.3. The molecule has 3 aliphatic heterocycles. The van der Waals surface area contributed by atoms with Crippen LogP contribution in [0.5, 0.6) is 0 Å². The average molecular weight is 269 g/mol. The Morgan fingerprint density at radius 3 is 2.55 bits per heavy atom. The quantitative estimate of drug-likeness (QED) is 0.930. The number of benzene rings is 1. The molecule has 1 aromatic heterocycles. The summed E-state index contributed by atoms with van der Waals surface area (Å²) in [5.41, 5.74) is 2.27. The number of nitrogens with one attached hydrogen (secondary N) is 1. The SMILES string of the molecule is c1ncc(-c2ccc(NC3CN4CCC3CC4)cc2)o1. The van der Waals surface area contributed by atoms with E-state index in [4.69, 9.17) is 4.42 Å². The molecule has 1 aromatic carbocycles. The van der Waals surface area contributed by atoms with Crippen molar-refractivity contribution in [3.63, 3.8) is 0 Å². The molecule has 2 aromatic rings. The second kappa shape index (κ2) is 4.94. The fourth-order valence-corrected chi connectivity index (χ4v) is 3.43. The van der Waals surface area contributed by atoms with E-state index in [1.807, 2.05) is 0 Å². The molecule has 5 rings (SSSR count). The molecule has 4 heteroatoms. The predicted octanol–water partition coefficient (Wildman–Crippen LogP) is 2.85. The van der Waals surface area contributed by atoms with Crippen LogP contribution < -0.4 is 5.32 Å². The minimum Gasteiger partial charge on any atom is -0.444 e. The molecule has 3 fully saturated rings. The summed E-state index contributed by atoms with van der Waals surface area (Å²) in [6.45, 7) is 3.76. The van der Waals surface area contributed by atoms with Crippen LogP contribution >= 0.6 is 0 Å². The third kappa shape index (κ3) is 2.20. The largest absolute Gasteiger partial charge is 0.444 e. The van der Waals surface area contributed by atoms with Gasteiger partial charge in [0, 0.05) is 23.8 Å². The highest BCUT2D eigenvalue weighted by Gasteiger charge is 2.33. The lowest BCUT2D eigenvalue weighted by Crippen LogP contribution is -2.53. The topological polar surface area (TPSA) is 41.3 Å². The Kier molecular flexibility index (Phi) is 2.96. The highest BCUT2D eigenvalue weighted by Crippen LogP contribution is 2.30. The summed E-state index contributed by atoms with van der Waals surface area (Å²) >= 11 is 0. The van der Waals surface area contributed by atoms with Gasteiger partial charge in [-0.25, -0.2) is 4.98 Å². The second-order valence-electron chi connectivity index (χ2n) is 5.83. The molecule has 0 radical (unpaired) electrons. The van der Waals surface area contributed by atoms with Crippen molar-refractivity contribution in [2.75, 3.05) is 25.0 Å². The lowest BCUT2D eigenvalue weighted by molar-refractivity contribution is 0.0975. The van der Waals surface area contributed by atoms with E-state index in [-0.39, 0.29) is 0 Å². The van der Waals surface area contributed by atoms with E-state index in [9.17, 15) is 0 Å². The van der Waals surface area contributed by atoms with Crippen LogP contribution in [0.3, 0.4) is 0 Å². The molecule has 0 spiro atoms. The van der Waals surface area contributed by atoms with Crippen LogP contribution in [0.1, 0.15) is 12.8 Å². The molecule has 3 saturated heterocycles. The van der Waals surface area contributed by atoms with Gasteiger partial charge in [-0.2, -0.15) is 0 Å². The first-order chi connectivity index (χ1) is 9.88. The standard InChI is InChI=1S/C16H19N3O/c1-3-14(4-2-13(1)16-9-17-11-20-16)18-15-10-19-7-5-12(15)6-8-19/h1-4,9,11-12,15,18H,5-8,10H2. The molecule has 1 unspecified atom stereocenters. The van der Waals surface area contributed by atoms with Crippen LogP contribution in [0.2, 0.25) is 0 Å². The van der Waals surface area contributed by atoms with Gasteiger partial charge < -0.3 is 14.6 Å². The minimum absolute atomic E-state index is 0.605. The van der Waals surface area contributed by atoms with Crippen LogP contribution in [0.15, 0.2) is 41.3 Å². The van der Waals surface area contributed by atoms with E-state index in [1.165, 1.54) is 44.6 Å². The Bertz CT molecular complexity index is 556. The van der Waals surface area contributed by atoms with Crippen LogP contribution in [0, 0.1) is 5.92 Å². The summed E-state index contributed by atoms with van der Waals surface area (Å²) in [4.78, 5) is 6.52. The third-order valence-electron chi connectivity index (χ3n) is 4.61. The van der Waals surface area contributed by atoms with E-state index in [2.05, 4.69) is 39.5 Å². The number of hydrogen-bond donors (Lipinski definition) is 1. The molecule has 1 atom stereocenters. The molecule has 0 saturated carbocycles. The molecular formula is C16H19N3O. The van der Waals surface area contributed by atoms with Crippen molar-refractivity contribution in [3.05, 3.63) is 36.9 Å². The second-order valence-corrected chi connectivity index (χ2v) is 5.83.